The number of aromatic nitrogens is 3. The van der Waals surface area contributed by atoms with Gasteiger partial charge in [-0.15, -0.1) is 0 Å². The van der Waals surface area contributed by atoms with Crippen molar-refractivity contribution in [2.24, 2.45) is 12.0 Å². The van der Waals surface area contributed by atoms with Crippen LogP contribution in [0.25, 0.3) is 6.08 Å². The summed E-state index contributed by atoms with van der Waals surface area (Å²) >= 11 is 1.38. The highest BCUT2D eigenvalue weighted by Crippen LogP contribution is 2.33. The number of amidine groups is 1. The molecular formula is C19H21N5O2S. The first-order valence-corrected chi connectivity index (χ1v) is 9.82. The van der Waals surface area contributed by atoms with Crippen LogP contribution in [-0.4, -0.2) is 31.9 Å². The fraction of sp³-hybridized carbons (Fsp3) is 0.368. The van der Waals surface area contributed by atoms with Crippen LogP contribution >= 0.6 is 11.8 Å². The highest BCUT2D eigenvalue weighted by molar-refractivity contribution is 8.18. The molecule has 1 saturated heterocycles. The Hall–Kier alpha value is -2.61. The van der Waals surface area contributed by atoms with Crippen molar-refractivity contribution in [2.75, 3.05) is 0 Å². The summed E-state index contributed by atoms with van der Waals surface area (Å²) in [5.41, 5.74) is 1.57. The molecule has 2 aliphatic rings. The van der Waals surface area contributed by atoms with E-state index >= 15 is 0 Å². The lowest BCUT2D eigenvalue weighted by molar-refractivity contribution is -0.115. The van der Waals surface area contributed by atoms with Gasteiger partial charge in [0.25, 0.3) is 5.91 Å². The van der Waals surface area contributed by atoms with E-state index in [9.17, 15) is 4.79 Å². The molecule has 0 atom stereocenters. The molecule has 4 rings (SSSR count). The lowest BCUT2D eigenvalue weighted by Crippen LogP contribution is -2.21. The summed E-state index contributed by atoms with van der Waals surface area (Å²) in [5.74, 6) is 1.06. The number of rotatable bonds is 4. The van der Waals surface area contributed by atoms with Crippen LogP contribution in [0, 0.1) is 6.92 Å². The predicted octanol–water partition coefficient (Wildman–Crippen LogP) is 3.42. The normalized spacial score (nSPS) is 20.6. The van der Waals surface area contributed by atoms with Gasteiger partial charge in [0.05, 0.1) is 28.4 Å². The second kappa shape index (κ2) is 7.56. The van der Waals surface area contributed by atoms with E-state index in [-0.39, 0.29) is 5.91 Å². The van der Waals surface area contributed by atoms with Crippen molar-refractivity contribution in [2.45, 2.75) is 38.6 Å². The molecule has 0 bridgehead atoms. The molecule has 7 nitrogen and oxygen atoms in total. The second-order valence-electron chi connectivity index (χ2n) is 6.66. The van der Waals surface area contributed by atoms with Gasteiger partial charge in [0, 0.05) is 13.2 Å². The van der Waals surface area contributed by atoms with Gasteiger partial charge < -0.3 is 10.1 Å². The molecule has 2 aromatic heterocycles. The fourth-order valence-electron chi connectivity index (χ4n) is 3.28. The van der Waals surface area contributed by atoms with E-state index in [0.29, 0.717) is 27.7 Å². The Bertz CT molecular complexity index is 914. The first kappa shape index (κ1) is 17.8. The van der Waals surface area contributed by atoms with Crippen molar-refractivity contribution in [1.82, 2.24) is 20.1 Å². The number of ether oxygens (including phenoxy) is 1. The standard InChI is InChI=1S/C19H21N5O2S/c1-12-15(18(24(2)23-12)26-14-8-5-9-20-11-14)10-16-17(25)22-19(27-16)21-13-6-3-4-7-13/h5,8-11,13H,3-4,6-7H2,1-2H3,(H,21,22,25)/b16-10-. The Morgan fingerprint density at radius 1 is 1.41 bits per heavy atom. The maximum Gasteiger partial charge on any atom is 0.264 e. The van der Waals surface area contributed by atoms with E-state index < -0.39 is 0 Å². The predicted molar refractivity (Wildman–Crippen MR) is 106 cm³/mol. The summed E-state index contributed by atoms with van der Waals surface area (Å²) < 4.78 is 7.63. The number of thioether (sulfide) groups is 1. The number of aliphatic imine (C=N–C) groups is 1. The zero-order valence-corrected chi connectivity index (χ0v) is 16.1. The molecule has 2 aromatic rings. The van der Waals surface area contributed by atoms with Crippen molar-refractivity contribution >= 4 is 28.9 Å². The minimum Gasteiger partial charge on any atom is -0.437 e. The highest BCUT2D eigenvalue weighted by Gasteiger charge is 2.27. The SMILES string of the molecule is Cc1nn(C)c(Oc2cccnc2)c1/C=C1\SC(=NC2CCCC2)NC1=O. The highest BCUT2D eigenvalue weighted by atomic mass is 32.2. The summed E-state index contributed by atoms with van der Waals surface area (Å²) in [5, 5.41) is 8.00. The van der Waals surface area contributed by atoms with Gasteiger partial charge in [0.1, 0.15) is 5.75 Å². The lowest BCUT2D eigenvalue weighted by Gasteiger charge is -2.06. The van der Waals surface area contributed by atoms with Gasteiger partial charge in [0.15, 0.2) is 5.17 Å². The average Bonchev–Trinajstić information content (AvgIpc) is 3.34. The summed E-state index contributed by atoms with van der Waals surface area (Å²) in [7, 11) is 1.82. The lowest BCUT2D eigenvalue weighted by atomic mass is 10.2. The van der Waals surface area contributed by atoms with Crippen molar-refractivity contribution < 1.29 is 9.53 Å². The number of nitrogens with one attached hydrogen (secondary N) is 1. The van der Waals surface area contributed by atoms with Gasteiger partial charge in [0.2, 0.25) is 5.88 Å². The largest absolute Gasteiger partial charge is 0.437 e. The van der Waals surface area contributed by atoms with Crippen LogP contribution in [0.5, 0.6) is 11.6 Å². The summed E-state index contributed by atoms with van der Waals surface area (Å²) in [6.45, 7) is 1.90. The quantitative estimate of drug-likeness (QED) is 0.818. The monoisotopic (exact) mass is 383 g/mol. The van der Waals surface area contributed by atoms with Crippen molar-refractivity contribution in [3.63, 3.8) is 0 Å². The molecule has 2 fully saturated rings. The molecule has 1 N–H and O–H groups in total. The zero-order valence-electron chi connectivity index (χ0n) is 15.3. The number of amides is 1. The molecule has 3 heterocycles. The van der Waals surface area contributed by atoms with Gasteiger partial charge in [-0.1, -0.05) is 12.8 Å². The summed E-state index contributed by atoms with van der Waals surface area (Å²) in [6.07, 6.45) is 9.79. The molecule has 1 saturated carbocycles. The van der Waals surface area contributed by atoms with Crippen molar-refractivity contribution in [3.05, 3.63) is 40.7 Å². The second-order valence-corrected chi connectivity index (χ2v) is 7.69. The van der Waals surface area contributed by atoms with Crippen LogP contribution in [0.15, 0.2) is 34.4 Å². The fourth-order valence-corrected chi connectivity index (χ4v) is 4.15. The van der Waals surface area contributed by atoms with Crippen LogP contribution in [0.4, 0.5) is 0 Å². The first-order chi connectivity index (χ1) is 13.1. The molecule has 1 aliphatic carbocycles. The Labute approximate surface area is 161 Å². The van der Waals surface area contributed by atoms with Gasteiger partial charge in [-0.05, 0) is 49.7 Å². The zero-order chi connectivity index (χ0) is 18.8. The molecule has 1 aliphatic heterocycles. The minimum absolute atomic E-state index is 0.132. The van der Waals surface area contributed by atoms with Crippen molar-refractivity contribution in [3.8, 4) is 11.6 Å². The first-order valence-electron chi connectivity index (χ1n) is 9.00. The van der Waals surface area contributed by atoms with E-state index in [2.05, 4.69) is 20.4 Å². The molecule has 27 heavy (non-hydrogen) atoms. The third-order valence-corrected chi connectivity index (χ3v) is 5.54. The number of carbonyl (C=O) groups excluding carboxylic acids is 1. The van der Waals surface area contributed by atoms with Crippen LogP contribution in [0.2, 0.25) is 0 Å². The topological polar surface area (TPSA) is 81.4 Å². The Balaban J connectivity index is 1.61. The van der Waals surface area contributed by atoms with Gasteiger partial charge in [-0.2, -0.15) is 5.10 Å². The van der Waals surface area contributed by atoms with Gasteiger partial charge in [-0.25, -0.2) is 4.68 Å². The Morgan fingerprint density at radius 3 is 2.96 bits per heavy atom. The van der Waals surface area contributed by atoms with Crippen LogP contribution in [0.3, 0.4) is 0 Å². The van der Waals surface area contributed by atoms with Gasteiger partial charge >= 0.3 is 0 Å². The number of hydrogen-bond acceptors (Lipinski definition) is 6. The van der Waals surface area contributed by atoms with Crippen LogP contribution in [0.1, 0.15) is 36.9 Å². The number of pyridine rings is 1. The van der Waals surface area contributed by atoms with E-state index in [1.807, 2.05) is 32.2 Å². The number of aryl methyl sites for hydroxylation is 2. The van der Waals surface area contributed by atoms with Crippen LogP contribution in [-0.2, 0) is 11.8 Å². The average molecular weight is 383 g/mol. The number of hydrogen-bond donors (Lipinski definition) is 1. The molecular weight excluding hydrogens is 362 g/mol. The summed E-state index contributed by atoms with van der Waals surface area (Å²) in [4.78, 5) is 21.7. The maximum absolute atomic E-state index is 12.4. The maximum atomic E-state index is 12.4. The van der Waals surface area contributed by atoms with E-state index in [4.69, 9.17) is 4.74 Å². The third kappa shape index (κ3) is 3.90. The van der Waals surface area contributed by atoms with E-state index in [0.717, 1.165) is 24.1 Å². The Morgan fingerprint density at radius 2 is 2.22 bits per heavy atom. The van der Waals surface area contributed by atoms with Crippen molar-refractivity contribution in [1.29, 1.82) is 0 Å². The van der Waals surface area contributed by atoms with Gasteiger partial charge in [-0.3, -0.25) is 14.8 Å². The third-order valence-electron chi connectivity index (χ3n) is 4.61. The number of carbonyl (C=O) groups is 1. The molecule has 8 heteroatoms. The Kier molecular flexibility index (Phi) is 4.98. The molecule has 0 spiro atoms. The molecule has 0 unspecified atom stereocenters. The molecule has 140 valence electrons. The van der Waals surface area contributed by atoms with E-state index in [1.165, 1.54) is 24.6 Å². The molecule has 0 radical (unpaired) electrons. The molecule has 0 aromatic carbocycles. The minimum atomic E-state index is -0.132. The van der Waals surface area contributed by atoms with E-state index in [1.54, 1.807) is 17.1 Å². The smallest absolute Gasteiger partial charge is 0.264 e. The number of nitrogens with zero attached hydrogens (tertiary/aromatic N) is 4. The molecule has 1 amide bonds. The summed E-state index contributed by atoms with van der Waals surface area (Å²) in [6, 6.07) is 3.97. The van der Waals surface area contributed by atoms with Crippen LogP contribution < -0.4 is 10.1 Å².